The molecular formula is C23H21ClN6O8. The molecule has 3 heterocycles. The summed E-state index contributed by atoms with van der Waals surface area (Å²) in [6, 6.07) is 10.2. The van der Waals surface area contributed by atoms with Crippen LogP contribution in [0.4, 0.5) is 5.69 Å². The smallest absolute Gasteiger partial charge is 0.269 e. The second kappa shape index (κ2) is 10.2. The lowest BCUT2D eigenvalue weighted by atomic mass is 9.98. The normalized spacial score (nSPS) is 23.6. The van der Waals surface area contributed by atoms with Gasteiger partial charge in [0.05, 0.1) is 35.2 Å². The molecule has 4 N–H and O–H groups in total. The lowest BCUT2D eigenvalue weighted by Gasteiger charge is -2.39. The first-order valence-corrected chi connectivity index (χ1v) is 11.7. The number of fused-ring (bicyclic) bond motifs is 1. The van der Waals surface area contributed by atoms with Crippen LogP contribution < -0.4 is 5.56 Å². The van der Waals surface area contributed by atoms with E-state index in [1.165, 1.54) is 47.2 Å². The molecule has 14 nitrogen and oxygen atoms in total. The number of nitro groups is 1. The summed E-state index contributed by atoms with van der Waals surface area (Å²) in [6.07, 6.45) is -5.74. The molecule has 0 spiro atoms. The van der Waals surface area contributed by atoms with Crippen LogP contribution in [-0.2, 0) is 11.3 Å². The molecule has 0 bridgehead atoms. The summed E-state index contributed by atoms with van der Waals surface area (Å²) < 4.78 is 7.93. The second-order valence-electron chi connectivity index (χ2n) is 8.70. The molecule has 0 radical (unpaired) electrons. The van der Waals surface area contributed by atoms with Gasteiger partial charge in [-0.25, -0.2) is 9.67 Å². The molecular weight excluding hydrogens is 524 g/mol. The Labute approximate surface area is 218 Å². The van der Waals surface area contributed by atoms with Gasteiger partial charge in [0.1, 0.15) is 35.9 Å². The van der Waals surface area contributed by atoms with Crippen LogP contribution in [0.3, 0.4) is 0 Å². The Balaban J connectivity index is 1.55. The van der Waals surface area contributed by atoms with Crippen molar-refractivity contribution in [2.24, 2.45) is 0 Å². The van der Waals surface area contributed by atoms with Gasteiger partial charge in [0.2, 0.25) is 0 Å². The Morgan fingerprint density at radius 1 is 1.08 bits per heavy atom. The van der Waals surface area contributed by atoms with Crippen molar-refractivity contribution in [1.82, 2.24) is 24.5 Å². The zero-order valence-electron chi connectivity index (χ0n) is 19.4. The first-order chi connectivity index (χ1) is 18.2. The number of nitro benzene ring substituents is 1. The van der Waals surface area contributed by atoms with Crippen LogP contribution in [0.5, 0.6) is 0 Å². The summed E-state index contributed by atoms with van der Waals surface area (Å²) in [6.45, 7) is -0.738. The maximum Gasteiger partial charge on any atom is 0.269 e. The maximum absolute atomic E-state index is 13.5. The number of halogens is 1. The highest BCUT2D eigenvalue weighted by molar-refractivity contribution is 6.31. The van der Waals surface area contributed by atoms with Crippen molar-refractivity contribution in [1.29, 1.82) is 0 Å². The summed E-state index contributed by atoms with van der Waals surface area (Å²) in [4.78, 5) is 28.6. The van der Waals surface area contributed by atoms with Gasteiger partial charge in [-0.3, -0.25) is 19.5 Å². The fraction of sp³-hybridized carbons (Fsp3) is 0.304. The summed E-state index contributed by atoms with van der Waals surface area (Å²) in [5.74, 6) is 0.196. The van der Waals surface area contributed by atoms with Crippen LogP contribution in [0.15, 0.2) is 53.5 Å². The van der Waals surface area contributed by atoms with E-state index >= 15 is 0 Å². The third-order valence-corrected chi connectivity index (χ3v) is 6.49. The Hall–Kier alpha value is -3.79. The highest BCUT2D eigenvalue weighted by atomic mass is 35.5. The minimum absolute atomic E-state index is 0.131. The fourth-order valence-electron chi connectivity index (χ4n) is 4.27. The second-order valence-corrected chi connectivity index (χ2v) is 9.14. The molecule has 0 aliphatic carbocycles. The van der Waals surface area contributed by atoms with E-state index in [0.717, 1.165) is 4.68 Å². The van der Waals surface area contributed by atoms with Gasteiger partial charge in [0.25, 0.3) is 11.2 Å². The molecule has 1 aliphatic heterocycles. The largest absolute Gasteiger partial charge is 0.394 e. The Morgan fingerprint density at radius 2 is 1.82 bits per heavy atom. The summed E-state index contributed by atoms with van der Waals surface area (Å²) in [5, 5.41) is 59.6. The highest BCUT2D eigenvalue weighted by Gasteiger charge is 2.44. The van der Waals surface area contributed by atoms with Gasteiger partial charge < -0.3 is 25.2 Å². The van der Waals surface area contributed by atoms with Crippen molar-refractivity contribution in [2.75, 3.05) is 6.61 Å². The van der Waals surface area contributed by atoms with Crippen molar-refractivity contribution in [3.05, 3.63) is 79.8 Å². The summed E-state index contributed by atoms with van der Waals surface area (Å²) in [5.41, 5.74) is 0.451. The van der Waals surface area contributed by atoms with E-state index in [0.29, 0.717) is 16.1 Å². The molecule has 0 unspecified atom stereocenters. The monoisotopic (exact) mass is 544 g/mol. The molecule has 15 heteroatoms. The van der Waals surface area contributed by atoms with Gasteiger partial charge in [-0.1, -0.05) is 16.8 Å². The zero-order chi connectivity index (χ0) is 27.1. The third kappa shape index (κ3) is 4.64. The third-order valence-electron chi connectivity index (χ3n) is 6.26. The van der Waals surface area contributed by atoms with E-state index in [9.17, 15) is 35.3 Å². The molecule has 1 aliphatic rings. The number of aromatic nitrogens is 5. The minimum atomic E-state index is -1.61. The van der Waals surface area contributed by atoms with E-state index in [4.69, 9.17) is 16.3 Å². The van der Waals surface area contributed by atoms with Crippen LogP contribution >= 0.6 is 11.6 Å². The van der Waals surface area contributed by atoms with E-state index in [2.05, 4.69) is 15.3 Å². The number of benzene rings is 2. The number of non-ortho nitro benzene ring substituents is 1. The van der Waals surface area contributed by atoms with Crippen molar-refractivity contribution in [2.45, 2.75) is 37.2 Å². The molecule has 1 saturated heterocycles. The molecule has 1 fully saturated rings. The van der Waals surface area contributed by atoms with E-state index in [-0.39, 0.29) is 29.1 Å². The van der Waals surface area contributed by atoms with Gasteiger partial charge in [-0.15, -0.1) is 5.10 Å². The van der Waals surface area contributed by atoms with Gasteiger partial charge in [0, 0.05) is 22.7 Å². The van der Waals surface area contributed by atoms with E-state index in [1.807, 2.05) is 0 Å². The molecule has 38 heavy (non-hydrogen) atoms. The van der Waals surface area contributed by atoms with Gasteiger partial charge in [0.15, 0.2) is 6.23 Å². The standard InChI is InChI=1S/C23H21ClN6O8/c24-12-3-6-15-16(7-12)25-21(11-1-4-14(5-2-11)30(36)37)28(22(15)35)8-13-9-29(27-26-13)23-20(34)19(33)18(32)17(10-31)38-23/h1-7,9,17-20,23,31-34H,8,10H2/t17-,18+,19+,20-,23-/m1/s1. The number of aliphatic hydroxyl groups excluding tert-OH is 4. The first kappa shape index (κ1) is 25.8. The average molecular weight is 545 g/mol. The van der Waals surface area contributed by atoms with Crippen molar-refractivity contribution in [3.63, 3.8) is 0 Å². The molecule has 0 amide bonds. The van der Waals surface area contributed by atoms with Crippen molar-refractivity contribution < 1.29 is 30.1 Å². The molecule has 0 saturated carbocycles. The number of rotatable bonds is 6. The summed E-state index contributed by atoms with van der Waals surface area (Å²) >= 11 is 6.10. The van der Waals surface area contributed by atoms with Crippen LogP contribution in [0, 0.1) is 10.1 Å². The summed E-state index contributed by atoms with van der Waals surface area (Å²) in [7, 11) is 0. The predicted octanol–water partition coefficient (Wildman–Crippen LogP) is 0.237. The number of aliphatic hydroxyl groups is 4. The topological polar surface area (TPSA) is 199 Å². The zero-order valence-corrected chi connectivity index (χ0v) is 20.2. The number of hydrogen-bond donors (Lipinski definition) is 4. The number of hydrogen-bond acceptors (Lipinski definition) is 11. The molecule has 2 aromatic heterocycles. The molecule has 5 rings (SSSR count). The molecule has 5 atom stereocenters. The quantitative estimate of drug-likeness (QED) is 0.191. The fourth-order valence-corrected chi connectivity index (χ4v) is 4.43. The van der Waals surface area contributed by atoms with E-state index < -0.39 is 47.7 Å². The first-order valence-electron chi connectivity index (χ1n) is 11.3. The minimum Gasteiger partial charge on any atom is -0.394 e. The van der Waals surface area contributed by atoms with Crippen molar-refractivity contribution >= 4 is 28.2 Å². The van der Waals surface area contributed by atoms with Crippen LogP contribution in [-0.4, -0.2) is 80.9 Å². The molecule has 2 aromatic carbocycles. The van der Waals surface area contributed by atoms with Crippen molar-refractivity contribution in [3.8, 4) is 11.4 Å². The predicted molar refractivity (Wildman–Crippen MR) is 131 cm³/mol. The Morgan fingerprint density at radius 3 is 2.50 bits per heavy atom. The van der Waals surface area contributed by atoms with Gasteiger partial charge in [-0.2, -0.15) is 0 Å². The SMILES string of the molecule is O=c1c2ccc(Cl)cc2nc(-c2ccc([N+](=O)[O-])cc2)n1Cc1cn([C@@H]2O[C@H](CO)[C@H](O)[C@H](O)[C@H]2O)nn1. The van der Waals surface area contributed by atoms with Crippen LogP contribution in [0.1, 0.15) is 11.9 Å². The van der Waals surface area contributed by atoms with E-state index in [1.54, 1.807) is 6.07 Å². The molecule has 4 aromatic rings. The van der Waals surface area contributed by atoms with Gasteiger partial charge >= 0.3 is 0 Å². The van der Waals surface area contributed by atoms with Gasteiger partial charge in [-0.05, 0) is 30.3 Å². The van der Waals surface area contributed by atoms with Crippen LogP contribution in [0.25, 0.3) is 22.3 Å². The lowest BCUT2D eigenvalue weighted by Crippen LogP contribution is -2.56. The maximum atomic E-state index is 13.5. The Bertz CT molecular complexity index is 1560. The average Bonchev–Trinajstić information content (AvgIpc) is 3.37. The number of ether oxygens (including phenoxy) is 1. The molecule has 198 valence electrons. The Kier molecular flexibility index (Phi) is 6.92. The highest BCUT2D eigenvalue weighted by Crippen LogP contribution is 2.28. The number of nitrogens with zero attached hydrogens (tertiary/aromatic N) is 6. The lowest BCUT2D eigenvalue weighted by molar-refractivity contribution is -0.384. The van der Waals surface area contributed by atoms with Crippen LogP contribution in [0.2, 0.25) is 5.02 Å².